The molecule has 1 aliphatic carbocycles. The number of para-hydroxylation sites is 3. The van der Waals surface area contributed by atoms with Gasteiger partial charge in [-0.25, -0.2) is 9.37 Å². The van der Waals surface area contributed by atoms with Gasteiger partial charge in [0, 0.05) is 6.04 Å². The van der Waals surface area contributed by atoms with Gasteiger partial charge in [-0.2, -0.15) is 0 Å². The average Bonchev–Trinajstić information content (AvgIpc) is 3.39. The number of nitrogens with one attached hydrogen (secondary N) is 1. The number of benzene rings is 2. The summed E-state index contributed by atoms with van der Waals surface area (Å²) >= 11 is 0. The van der Waals surface area contributed by atoms with E-state index >= 15 is 0 Å². The Hall–Kier alpha value is -2.89. The van der Waals surface area contributed by atoms with E-state index in [1.54, 1.807) is 12.1 Å². The van der Waals surface area contributed by atoms with Crippen molar-refractivity contribution in [3.05, 3.63) is 60.2 Å². The molecule has 0 unspecified atom stereocenters. The van der Waals surface area contributed by atoms with Crippen molar-refractivity contribution >= 4 is 16.9 Å². The van der Waals surface area contributed by atoms with Crippen LogP contribution in [0.4, 0.5) is 4.39 Å². The van der Waals surface area contributed by atoms with Gasteiger partial charge in [0.2, 0.25) is 0 Å². The first kappa shape index (κ1) is 15.6. The Morgan fingerprint density at radius 1 is 1.20 bits per heavy atom. The summed E-state index contributed by atoms with van der Waals surface area (Å²) in [5, 5.41) is 2.80. The normalized spacial score (nSPS) is 13.8. The number of halogens is 1. The van der Waals surface area contributed by atoms with Gasteiger partial charge < -0.3 is 14.6 Å². The zero-order chi connectivity index (χ0) is 17.2. The molecule has 1 aliphatic rings. The number of aromatic nitrogens is 2. The smallest absolute Gasteiger partial charge is 0.258 e. The van der Waals surface area contributed by atoms with Crippen LogP contribution >= 0.6 is 0 Å². The average molecular weight is 339 g/mol. The highest BCUT2D eigenvalue weighted by Crippen LogP contribution is 2.38. The van der Waals surface area contributed by atoms with Crippen LogP contribution in [-0.2, 0) is 11.3 Å². The standard InChI is InChI=1S/C19H18FN3O2/c20-14-5-1-4-8-17(14)25-12-19(24)21-11-18-22-15-6-2-3-7-16(15)23(18)13-9-10-13/h1-8,13H,9-12H2,(H,21,24). The lowest BCUT2D eigenvalue weighted by Gasteiger charge is -2.10. The third-order valence-corrected chi connectivity index (χ3v) is 4.22. The van der Waals surface area contributed by atoms with E-state index in [1.165, 1.54) is 12.1 Å². The Labute approximate surface area is 144 Å². The number of hydrogen-bond donors (Lipinski definition) is 1. The van der Waals surface area contributed by atoms with E-state index in [9.17, 15) is 9.18 Å². The summed E-state index contributed by atoms with van der Waals surface area (Å²) in [7, 11) is 0. The predicted octanol–water partition coefficient (Wildman–Crippen LogP) is 3.21. The highest BCUT2D eigenvalue weighted by Gasteiger charge is 2.28. The summed E-state index contributed by atoms with van der Waals surface area (Å²) in [4.78, 5) is 16.6. The van der Waals surface area contributed by atoms with Crippen molar-refractivity contribution in [3.8, 4) is 5.75 Å². The van der Waals surface area contributed by atoms with Gasteiger partial charge in [0.05, 0.1) is 17.6 Å². The molecule has 0 saturated heterocycles. The number of nitrogens with zero attached hydrogens (tertiary/aromatic N) is 2. The molecule has 0 aliphatic heterocycles. The number of hydrogen-bond acceptors (Lipinski definition) is 3. The molecule has 6 heteroatoms. The Morgan fingerprint density at radius 2 is 1.96 bits per heavy atom. The van der Waals surface area contributed by atoms with Crippen LogP contribution in [0.25, 0.3) is 11.0 Å². The van der Waals surface area contributed by atoms with Crippen LogP contribution < -0.4 is 10.1 Å². The van der Waals surface area contributed by atoms with Gasteiger partial charge in [-0.05, 0) is 37.1 Å². The lowest BCUT2D eigenvalue weighted by Crippen LogP contribution is -2.29. The molecule has 1 fully saturated rings. The van der Waals surface area contributed by atoms with Crippen LogP contribution in [0, 0.1) is 5.82 Å². The molecule has 128 valence electrons. The fourth-order valence-electron chi connectivity index (χ4n) is 2.89. The minimum atomic E-state index is -0.481. The molecule has 5 nitrogen and oxygen atoms in total. The first-order chi connectivity index (χ1) is 12.2. The van der Waals surface area contributed by atoms with E-state index < -0.39 is 5.82 Å². The number of fused-ring (bicyclic) bond motifs is 1. The fraction of sp³-hybridized carbons (Fsp3) is 0.263. The number of rotatable bonds is 6. The Morgan fingerprint density at radius 3 is 2.76 bits per heavy atom. The number of amides is 1. The van der Waals surface area contributed by atoms with Crippen LogP contribution in [0.2, 0.25) is 0 Å². The van der Waals surface area contributed by atoms with Crippen molar-refractivity contribution < 1.29 is 13.9 Å². The molecule has 2 aromatic carbocycles. The lowest BCUT2D eigenvalue weighted by molar-refractivity contribution is -0.123. The molecule has 0 spiro atoms. The Kier molecular flexibility index (Phi) is 4.09. The van der Waals surface area contributed by atoms with Gasteiger partial charge in [-0.15, -0.1) is 0 Å². The molecule has 0 radical (unpaired) electrons. The third kappa shape index (κ3) is 3.33. The van der Waals surface area contributed by atoms with Crippen molar-refractivity contribution in [2.75, 3.05) is 6.61 Å². The first-order valence-corrected chi connectivity index (χ1v) is 8.32. The monoisotopic (exact) mass is 339 g/mol. The molecule has 3 aromatic rings. The van der Waals surface area contributed by atoms with Gasteiger partial charge in [-0.1, -0.05) is 24.3 Å². The second-order valence-electron chi connectivity index (χ2n) is 6.11. The Balaban J connectivity index is 1.41. The van der Waals surface area contributed by atoms with E-state index in [0.717, 1.165) is 29.7 Å². The van der Waals surface area contributed by atoms with Crippen molar-refractivity contribution in [1.29, 1.82) is 0 Å². The van der Waals surface area contributed by atoms with Crippen LogP contribution in [0.3, 0.4) is 0 Å². The highest BCUT2D eigenvalue weighted by molar-refractivity contribution is 5.78. The molecule has 1 aromatic heterocycles. The number of carbonyl (C=O) groups excluding carboxylic acids is 1. The Bertz CT molecular complexity index is 918. The maximum absolute atomic E-state index is 13.5. The molecule has 1 amide bonds. The minimum Gasteiger partial charge on any atom is -0.481 e. The second-order valence-corrected chi connectivity index (χ2v) is 6.11. The van der Waals surface area contributed by atoms with E-state index in [0.29, 0.717) is 12.6 Å². The summed E-state index contributed by atoms with van der Waals surface area (Å²) in [5.41, 5.74) is 2.03. The van der Waals surface area contributed by atoms with Gasteiger partial charge in [0.25, 0.3) is 5.91 Å². The zero-order valence-corrected chi connectivity index (χ0v) is 13.6. The summed E-state index contributed by atoms with van der Waals surface area (Å²) in [6, 6.07) is 14.5. The van der Waals surface area contributed by atoms with Crippen LogP contribution in [0.1, 0.15) is 24.7 Å². The molecule has 0 atom stereocenters. The summed E-state index contributed by atoms with van der Waals surface area (Å²) in [6.45, 7) is 0.0925. The van der Waals surface area contributed by atoms with Crippen LogP contribution in [-0.4, -0.2) is 22.1 Å². The molecule has 4 rings (SSSR count). The molecule has 25 heavy (non-hydrogen) atoms. The maximum Gasteiger partial charge on any atom is 0.258 e. The van der Waals surface area contributed by atoms with E-state index in [2.05, 4.69) is 14.9 Å². The minimum absolute atomic E-state index is 0.0721. The van der Waals surface area contributed by atoms with E-state index in [1.807, 2.05) is 24.3 Å². The second kappa shape index (κ2) is 6.55. The first-order valence-electron chi connectivity index (χ1n) is 8.32. The fourth-order valence-corrected chi connectivity index (χ4v) is 2.89. The number of carbonyl (C=O) groups is 1. The van der Waals surface area contributed by atoms with Crippen molar-refractivity contribution in [2.45, 2.75) is 25.4 Å². The van der Waals surface area contributed by atoms with Crippen molar-refractivity contribution in [1.82, 2.24) is 14.9 Å². The summed E-state index contributed by atoms with van der Waals surface area (Å²) in [6.07, 6.45) is 2.27. The third-order valence-electron chi connectivity index (χ3n) is 4.22. The molecule has 1 heterocycles. The lowest BCUT2D eigenvalue weighted by atomic mass is 10.3. The van der Waals surface area contributed by atoms with Crippen molar-refractivity contribution in [3.63, 3.8) is 0 Å². The highest BCUT2D eigenvalue weighted by atomic mass is 19.1. The molecule has 1 saturated carbocycles. The molecule has 0 bridgehead atoms. The summed E-state index contributed by atoms with van der Waals surface area (Å²) < 4.78 is 20.9. The van der Waals surface area contributed by atoms with Gasteiger partial charge in [0.1, 0.15) is 5.82 Å². The largest absolute Gasteiger partial charge is 0.481 e. The molecular formula is C19H18FN3O2. The van der Waals surface area contributed by atoms with E-state index in [-0.39, 0.29) is 18.3 Å². The SMILES string of the molecule is O=C(COc1ccccc1F)NCc1nc2ccccc2n1C1CC1. The van der Waals surface area contributed by atoms with Gasteiger partial charge >= 0.3 is 0 Å². The predicted molar refractivity (Wildman–Crippen MR) is 91.7 cm³/mol. The number of ether oxygens (including phenoxy) is 1. The van der Waals surface area contributed by atoms with Gasteiger partial charge in [0.15, 0.2) is 18.2 Å². The zero-order valence-electron chi connectivity index (χ0n) is 13.6. The molecular weight excluding hydrogens is 321 g/mol. The van der Waals surface area contributed by atoms with Gasteiger partial charge in [-0.3, -0.25) is 4.79 Å². The maximum atomic E-state index is 13.5. The molecule has 1 N–H and O–H groups in total. The van der Waals surface area contributed by atoms with Crippen molar-refractivity contribution in [2.24, 2.45) is 0 Å². The summed E-state index contributed by atoms with van der Waals surface area (Å²) in [5.74, 6) is 0.120. The van der Waals surface area contributed by atoms with E-state index in [4.69, 9.17) is 4.74 Å². The quantitative estimate of drug-likeness (QED) is 0.750. The van der Waals surface area contributed by atoms with Crippen LogP contribution in [0.15, 0.2) is 48.5 Å². The van der Waals surface area contributed by atoms with Crippen LogP contribution in [0.5, 0.6) is 5.75 Å². The topological polar surface area (TPSA) is 56.1 Å². The number of imidazole rings is 1.